The van der Waals surface area contributed by atoms with Crippen LogP contribution < -0.4 is 0 Å². The van der Waals surface area contributed by atoms with Crippen LogP contribution in [0.1, 0.15) is 11.1 Å². The minimum absolute atomic E-state index is 0.271. The highest BCUT2D eigenvalue weighted by Gasteiger charge is 2.14. The first-order chi connectivity index (χ1) is 7.20. The molecule has 0 fully saturated rings. The van der Waals surface area contributed by atoms with E-state index in [2.05, 4.69) is 0 Å². The molecular formula is C12H9F2I. The SMILES string of the molecule is Cc1cccc(C2=CI=CC=C2F)c1F. The Morgan fingerprint density at radius 3 is 2.73 bits per heavy atom. The van der Waals surface area contributed by atoms with Crippen LogP contribution in [-0.2, 0) is 0 Å². The van der Waals surface area contributed by atoms with Crippen molar-refractivity contribution >= 4 is 30.3 Å². The molecule has 0 saturated carbocycles. The number of hydrogen-bond donors (Lipinski definition) is 0. The smallest absolute Gasteiger partial charge is 0.134 e. The molecule has 1 aromatic rings. The Hall–Kier alpha value is -0.840. The average molecular weight is 318 g/mol. The fraction of sp³-hybridized carbons (Fsp3) is 0.0833. The predicted octanol–water partition coefficient (Wildman–Crippen LogP) is 4.11. The molecule has 0 aromatic heterocycles. The summed E-state index contributed by atoms with van der Waals surface area (Å²) in [7, 11) is 0. The lowest BCUT2D eigenvalue weighted by atomic mass is 10.0. The zero-order valence-electron chi connectivity index (χ0n) is 8.10. The highest BCUT2D eigenvalue weighted by molar-refractivity contribution is 14.2. The first-order valence-corrected chi connectivity index (χ1v) is 6.96. The van der Waals surface area contributed by atoms with E-state index in [0.29, 0.717) is 16.7 Å². The molecule has 0 aliphatic carbocycles. The van der Waals surface area contributed by atoms with Crippen LogP contribution in [0.3, 0.4) is 0 Å². The fourth-order valence-corrected chi connectivity index (χ4v) is 3.10. The molecule has 0 nitrogen and oxygen atoms in total. The topological polar surface area (TPSA) is 0 Å². The van der Waals surface area contributed by atoms with Gasteiger partial charge in [0.2, 0.25) is 0 Å². The number of rotatable bonds is 1. The van der Waals surface area contributed by atoms with Crippen molar-refractivity contribution in [2.24, 2.45) is 0 Å². The molecule has 0 atom stereocenters. The van der Waals surface area contributed by atoms with E-state index < -0.39 is 0 Å². The number of hydrogen-bond acceptors (Lipinski definition) is 0. The summed E-state index contributed by atoms with van der Waals surface area (Å²) < 4.78 is 30.8. The summed E-state index contributed by atoms with van der Waals surface area (Å²) in [6.07, 6.45) is 1.43. The molecule has 0 saturated heterocycles. The van der Waals surface area contributed by atoms with Crippen molar-refractivity contribution in [1.82, 2.24) is 0 Å². The Kier molecular flexibility index (Phi) is 3.09. The lowest BCUT2D eigenvalue weighted by molar-refractivity contribution is 0.611. The molecule has 1 aliphatic rings. The Balaban J connectivity index is 2.56. The highest BCUT2D eigenvalue weighted by atomic mass is 127. The first-order valence-electron chi connectivity index (χ1n) is 4.47. The van der Waals surface area contributed by atoms with Crippen molar-refractivity contribution < 1.29 is 8.78 Å². The molecule has 0 spiro atoms. The Morgan fingerprint density at radius 2 is 2.00 bits per heavy atom. The molecule has 0 radical (unpaired) electrons. The van der Waals surface area contributed by atoms with Gasteiger partial charge in [-0.3, -0.25) is 0 Å². The predicted molar refractivity (Wildman–Crippen MR) is 68.4 cm³/mol. The lowest BCUT2D eigenvalue weighted by Crippen LogP contribution is -1.94. The second kappa shape index (κ2) is 4.35. The largest absolute Gasteiger partial charge is 0.206 e. The van der Waals surface area contributed by atoms with E-state index in [4.69, 9.17) is 0 Å². The van der Waals surface area contributed by atoms with Gasteiger partial charge in [0.05, 0.1) is 0 Å². The maximum atomic E-state index is 13.7. The van der Waals surface area contributed by atoms with Crippen molar-refractivity contribution in [1.29, 1.82) is 0 Å². The minimum atomic E-state index is -0.342. The normalized spacial score (nSPS) is 15.4. The lowest BCUT2D eigenvalue weighted by Gasteiger charge is -2.09. The third kappa shape index (κ3) is 2.07. The van der Waals surface area contributed by atoms with Crippen LogP contribution in [-0.4, -0.2) is 4.01 Å². The third-order valence-corrected chi connectivity index (χ3v) is 3.95. The van der Waals surface area contributed by atoms with E-state index in [9.17, 15) is 8.78 Å². The number of benzene rings is 1. The summed E-state index contributed by atoms with van der Waals surface area (Å²) in [6.45, 7) is 1.69. The van der Waals surface area contributed by atoms with Gasteiger partial charge in [0.25, 0.3) is 0 Å². The Morgan fingerprint density at radius 1 is 1.20 bits per heavy atom. The van der Waals surface area contributed by atoms with Gasteiger partial charge < -0.3 is 0 Å². The molecule has 0 bridgehead atoms. The van der Waals surface area contributed by atoms with Crippen LogP contribution >= 0.6 is 20.7 Å². The summed E-state index contributed by atoms with van der Waals surface area (Å²) in [5.41, 5.74) is 1.33. The Labute approximate surface area is 97.1 Å². The second-order valence-corrected chi connectivity index (χ2v) is 5.29. The monoisotopic (exact) mass is 318 g/mol. The van der Waals surface area contributed by atoms with Crippen molar-refractivity contribution in [2.75, 3.05) is 0 Å². The third-order valence-electron chi connectivity index (χ3n) is 2.19. The van der Waals surface area contributed by atoms with Crippen molar-refractivity contribution in [2.45, 2.75) is 6.92 Å². The van der Waals surface area contributed by atoms with Gasteiger partial charge in [-0.2, -0.15) is 0 Å². The summed E-state index contributed by atoms with van der Waals surface area (Å²) in [5.74, 6) is -0.663. The van der Waals surface area contributed by atoms with Crippen molar-refractivity contribution in [3.8, 4) is 0 Å². The molecule has 0 unspecified atom stereocenters. The number of halogens is 3. The van der Waals surface area contributed by atoms with E-state index in [-0.39, 0.29) is 32.4 Å². The summed E-state index contributed by atoms with van der Waals surface area (Å²) in [5, 5.41) is 0. The van der Waals surface area contributed by atoms with Gasteiger partial charge in [0, 0.05) is 11.1 Å². The van der Waals surface area contributed by atoms with Gasteiger partial charge in [-0.1, -0.05) is 38.9 Å². The van der Waals surface area contributed by atoms with Gasteiger partial charge in [-0.15, -0.1) is 0 Å². The molecule has 1 aliphatic heterocycles. The number of allylic oxidation sites excluding steroid dienone is 3. The fourth-order valence-electron chi connectivity index (χ4n) is 1.38. The maximum absolute atomic E-state index is 13.7. The molecule has 1 aromatic carbocycles. The molecular weight excluding hydrogens is 309 g/mol. The Bertz CT molecular complexity index is 484. The minimum Gasteiger partial charge on any atom is -0.206 e. The molecule has 0 N–H and O–H groups in total. The molecule has 15 heavy (non-hydrogen) atoms. The van der Waals surface area contributed by atoms with Gasteiger partial charge >= 0.3 is 0 Å². The second-order valence-electron chi connectivity index (χ2n) is 3.23. The molecule has 78 valence electrons. The number of aryl methyl sites for hydroxylation is 1. The van der Waals surface area contributed by atoms with Crippen LogP contribution in [0, 0.1) is 12.7 Å². The zero-order chi connectivity index (χ0) is 10.8. The van der Waals surface area contributed by atoms with Crippen LogP contribution in [0.2, 0.25) is 0 Å². The van der Waals surface area contributed by atoms with Crippen LogP contribution in [0.4, 0.5) is 8.78 Å². The van der Waals surface area contributed by atoms with Crippen molar-refractivity contribution in [3.05, 3.63) is 51.1 Å². The molecule has 1 heterocycles. The van der Waals surface area contributed by atoms with E-state index in [1.165, 1.54) is 6.08 Å². The molecule has 0 amide bonds. The summed E-state index contributed by atoms with van der Waals surface area (Å²) in [6, 6.07) is 5.06. The molecule has 3 heteroatoms. The molecule has 2 rings (SSSR count). The maximum Gasteiger partial charge on any atom is 0.134 e. The van der Waals surface area contributed by atoms with Crippen molar-refractivity contribution in [3.63, 3.8) is 0 Å². The van der Waals surface area contributed by atoms with Crippen LogP contribution in [0.25, 0.3) is 5.57 Å². The average Bonchev–Trinajstić information content (AvgIpc) is 2.23. The standard InChI is InChI=1S/C12H9F2I/c1-8-3-2-4-9(12(8)14)10-7-15-6-5-11(10)13/h2-7H,1H3. The first kappa shape index (κ1) is 10.7. The van der Waals surface area contributed by atoms with E-state index in [1.54, 1.807) is 25.1 Å². The van der Waals surface area contributed by atoms with Gasteiger partial charge in [-0.05, 0) is 26.7 Å². The summed E-state index contributed by atoms with van der Waals surface area (Å²) >= 11 is -0.271. The van der Waals surface area contributed by atoms with E-state index in [1.807, 2.05) is 8.09 Å². The summed E-state index contributed by atoms with van der Waals surface area (Å²) in [4.78, 5) is 0. The van der Waals surface area contributed by atoms with E-state index in [0.717, 1.165) is 0 Å². The highest BCUT2D eigenvalue weighted by Crippen LogP contribution is 2.31. The van der Waals surface area contributed by atoms with Gasteiger partial charge in [-0.25, -0.2) is 8.78 Å². The zero-order valence-corrected chi connectivity index (χ0v) is 10.3. The van der Waals surface area contributed by atoms with Crippen LogP contribution in [0.15, 0.2) is 34.2 Å². The quantitative estimate of drug-likeness (QED) is 0.684. The van der Waals surface area contributed by atoms with Gasteiger partial charge in [0.15, 0.2) is 0 Å². The van der Waals surface area contributed by atoms with E-state index >= 15 is 0 Å². The van der Waals surface area contributed by atoms with Crippen LogP contribution in [0.5, 0.6) is 0 Å². The van der Waals surface area contributed by atoms with Gasteiger partial charge in [0.1, 0.15) is 11.6 Å².